The molecule has 2 rings (SSSR count). The Bertz CT molecular complexity index is 1540. The van der Waals surface area contributed by atoms with Crippen LogP contribution in [0.4, 0.5) is 0 Å². The Morgan fingerprint density at radius 1 is 0.625 bits per heavy atom. The standard InChI is InChI=1S/C39H58Cl2N10O5/c1-3-19-38(40,31(52)29(17-11-21-48-36(44)45)50-33(54)27(42)23-25-13-7-5-8-14-25)35(56)39(41,20-4-2)32(53)30(18-12-22-49-37(46)47)51-34(55)28(43)24-26-15-9-6-10-16-26/h5-10,13-16,27-30H,3-4,11-12,17-24,42-43H2,1-2H3,(H,50,54)(H,51,55)(H4,44,45,48)(H4,46,47,49)/t27-,28-,29+,30+,38?,39?/m1/s1. The minimum absolute atomic E-state index is 0.0232. The molecule has 56 heavy (non-hydrogen) atoms. The molecule has 17 heteroatoms. The summed E-state index contributed by atoms with van der Waals surface area (Å²) in [5.74, 6) is -4.46. The van der Waals surface area contributed by atoms with Gasteiger partial charge >= 0.3 is 0 Å². The maximum Gasteiger partial charge on any atom is 0.237 e. The molecule has 2 aromatic rings. The van der Waals surface area contributed by atoms with Crippen LogP contribution in [0.25, 0.3) is 0 Å². The summed E-state index contributed by atoms with van der Waals surface area (Å²) >= 11 is 14.3. The van der Waals surface area contributed by atoms with E-state index in [1.54, 1.807) is 13.8 Å². The molecule has 0 heterocycles. The topological polar surface area (TPSA) is 290 Å². The first-order valence-corrected chi connectivity index (χ1v) is 19.6. The monoisotopic (exact) mass is 816 g/mol. The van der Waals surface area contributed by atoms with Crippen LogP contribution in [0.2, 0.25) is 0 Å². The maximum absolute atomic E-state index is 14.8. The zero-order valence-electron chi connectivity index (χ0n) is 32.2. The van der Waals surface area contributed by atoms with Crippen molar-refractivity contribution in [3.05, 3.63) is 71.8 Å². The highest BCUT2D eigenvalue weighted by molar-refractivity contribution is 6.58. The van der Waals surface area contributed by atoms with E-state index in [1.165, 1.54) is 0 Å². The highest BCUT2D eigenvalue weighted by Gasteiger charge is 2.58. The molecule has 15 nitrogen and oxygen atoms in total. The highest BCUT2D eigenvalue weighted by Crippen LogP contribution is 2.38. The lowest BCUT2D eigenvalue weighted by atomic mass is 9.76. The Hall–Kier alpha value is -4.57. The number of aliphatic imine (C=N–C) groups is 2. The van der Waals surface area contributed by atoms with Gasteiger partial charge in [-0.2, -0.15) is 0 Å². The van der Waals surface area contributed by atoms with E-state index in [0.29, 0.717) is 0 Å². The first-order valence-electron chi connectivity index (χ1n) is 18.8. The summed E-state index contributed by atoms with van der Waals surface area (Å²) in [7, 11) is 0. The lowest BCUT2D eigenvalue weighted by Crippen LogP contribution is -2.63. The van der Waals surface area contributed by atoms with Gasteiger partial charge in [-0.25, -0.2) is 0 Å². The third kappa shape index (κ3) is 14.5. The van der Waals surface area contributed by atoms with Gasteiger partial charge in [-0.15, -0.1) is 23.2 Å². The molecular weight excluding hydrogens is 759 g/mol. The number of hydrogen-bond donors (Lipinski definition) is 8. The van der Waals surface area contributed by atoms with Crippen LogP contribution in [-0.4, -0.2) is 88.1 Å². The average Bonchev–Trinajstić information content (AvgIpc) is 3.16. The average molecular weight is 818 g/mol. The van der Waals surface area contributed by atoms with Crippen LogP contribution in [0.3, 0.4) is 0 Å². The van der Waals surface area contributed by atoms with Gasteiger partial charge in [-0.3, -0.25) is 34.0 Å². The number of rotatable bonds is 26. The summed E-state index contributed by atoms with van der Waals surface area (Å²) in [5.41, 5.74) is 36.1. The van der Waals surface area contributed by atoms with Gasteiger partial charge in [0.15, 0.2) is 39.0 Å². The molecule has 2 unspecified atom stereocenters. The third-order valence-electron chi connectivity index (χ3n) is 9.12. The fourth-order valence-corrected chi connectivity index (χ4v) is 7.29. The fourth-order valence-electron chi connectivity index (χ4n) is 6.28. The number of halogens is 2. The van der Waals surface area contributed by atoms with E-state index in [2.05, 4.69) is 20.6 Å². The van der Waals surface area contributed by atoms with Crippen molar-refractivity contribution >= 4 is 64.3 Å². The number of guanidine groups is 2. The van der Waals surface area contributed by atoms with E-state index in [-0.39, 0.29) is 89.2 Å². The number of nitrogens with two attached hydrogens (primary N) is 6. The predicted octanol–water partition coefficient (Wildman–Crippen LogP) is 1.47. The summed E-state index contributed by atoms with van der Waals surface area (Å²) in [6.45, 7) is 3.63. The van der Waals surface area contributed by atoms with Gasteiger partial charge in [0.05, 0.1) is 24.2 Å². The third-order valence-corrected chi connectivity index (χ3v) is 10.2. The van der Waals surface area contributed by atoms with Gasteiger partial charge in [0.1, 0.15) is 0 Å². The molecule has 0 radical (unpaired) electrons. The van der Waals surface area contributed by atoms with Crippen LogP contribution in [0.1, 0.15) is 76.3 Å². The van der Waals surface area contributed by atoms with E-state index >= 15 is 0 Å². The molecule has 0 aliphatic rings. The van der Waals surface area contributed by atoms with Crippen LogP contribution in [0.15, 0.2) is 70.6 Å². The van der Waals surface area contributed by atoms with E-state index in [1.807, 2.05) is 60.7 Å². The number of Topliss-reactive ketones (excluding diaryl/α,β-unsaturated/α-hetero) is 3. The number of carbonyl (C=O) groups excluding carboxylic acids is 5. The minimum Gasteiger partial charge on any atom is -0.370 e. The zero-order valence-corrected chi connectivity index (χ0v) is 33.7. The van der Waals surface area contributed by atoms with Crippen LogP contribution >= 0.6 is 23.2 Å². The molecule has 2 amide bonds. The second kappa shape index (κ2) is 23.5. The van der Waals surface area contributed by atoms with Gasteiger partial charge in [0.2, 0.25) is 11.8 Å². The Labute approximate surface area is 339 Å². The van der Waals surface area contributed by atoms with Crippen molar-refractivity contribution in [2.45, 2.75) is 112 Å². The van der Waals surface area contributed by atoms with Crippen LogP contribution in [0, 0.1) is 0 Å². The number of nitrogens with zero attached hydrogens (tertiary/aromatic N) is 2. The second-order valence-corrected chi connectivity index (χ2v) is 15.1. The smallest absolute Gasteiger partial charge is 0.237 e. The Balaban J connectivity index is 2.52. The molecule has 308 valence electrons. The Morgan fingerprint density at radius 2 is 0.964 bits per heavy atom. The van der Waals surface area contributed by atoms with Crippen LogP contribution < -0.4 is 45.0 Å². The molecule has 0 spiro atoms. The summed E-state index contributed by atoms with van der Waals surface area (Å²) in [6.07, 6.45) is 0.716. The van der Waals surface area contributed by atoms with E-state index in [0.717, 1.165) is 11.1 Å². The summed E-state index contributed by atoms with van der Waals surface area (Å²) in [4.78, 5) is 74.1. The van der Waals surface area contributed by atoms with E-state index < -0.39 is 63.1 Å². The first-order chi connectivity index (χ1) is 26.5. The van der Waals surface area contributed by atoms with Gasteiger partial charge in [-0.05, 0) is 62.5 Å². The summed E-state index contributed by atoms with van der Waals surface area (Å²) in [5, 5.41) is 5.38. The molecule has 0 saturated heterocycles. The Kier molecular flexibility index (Phi) is 20.0. The van der Waals surface area contributed by atoms with Crippen molar-refractivity contribution in [1.29, 1.82) is 0 Å². The van der Waals surface area contributed by atoms with Crippen molar-refractivity contribution in [2.75, 3.05) is 13.1 Å². The molecule has 0 aliphatic heterocycles. The summed E-state index contributed by atoms with van der Waals surface area (Å²) in [6, 6.07) is 13.4. The van der Waals surface area contributed by atoms with E-state index in [4.69, 9.17) is 57.6 Å². The van der Waals surface area contributed by atoms with Crippen molar-refractivity contribution in [3.63, 3.8) is 0 Å². The molecule has 6 atom stereocenters. The molecule has 0 aromatic heterocycles. The molecule has 14 N–H and O–H groups in total. The number of carbonyl (C=O) groups is 5. The quantitative estimate of drug-likeness (QED) is 0.0221. The maximum atomic E-state index is 14.8. The molecule has 0 aliphatic carbocycles. The minimum atomic E-state index is -2.38. The number of hydrogen-bond acceptors (Lipinski definition) is 9. The van der Waals surface area contributed by atoms with Gasteiger partial charge in [-0.1, -0.05) is 87.4 Å². The number of benzene rings is 2. The SMILES string of the molecule is CCCC(Cl)(C(=O)[C@H](CCCN=C(N)N)NC(=O)[C@H](N)Cc1ccccc1)C(=O)C(Cl)(CCC)C(=O)[C@H](CCCN=C(N)N)NC(=O)[C@H](N)Cc1ccccc1. The van der Waals surface area contributed by atoms with Gasteiger partial charge in [0.25, 0.3) is 0 Å². The fraction of sp³-hybridized carbons (Fsp3) is 0.513. The normalized spacial score (nSPS) is 15.4. The number of ketones is 3. The van der Waals surface area contributed by atoms with Crippen molar-refractivity contribution in [1.82, 2.24) is 10.6 Å². The predicted molar refractivity (Wildman–Crippen MR) is 222 cm³/mol. The number of nitrogens with one attached hydrogen (secondary N) is 2. The highest BCUT2D eigenvalue weighted by atomic mass is 35.5. The molecular formula is C39H58Cl2N10O5. The lowest BCUT2D eigenvalue weighted by molar-refractivity contribution is -0.140. The van der Waals surface area contributed by atoms with Gasteiger partial charge in [0, 0.05) is 13.1 Å². The van der Waals surface area contributed by atoms with Crippen molar-refractivity contribution in [2.24, 2.45) is 44.4 Å². The van der Waals surface area contributed by atoms with Crippen molar-refractivity contribution in [3.8, 4) is 0 Å². The molecule has 0 bridgehead atoms. The lowest BCUT2D eigenvalue weighted by Gasteiger charge is -2.37. The summed E-state index contributed by atoms with van der Waals surface area (Å²) < 4.78 is 0. The van der Waals surface area contributed by atoms with E-state index in [9.17, 15) is 24.0 Å². The zero-order chi connectivity index (χ0) is 41.9. The largest absolute Gasteiger partial charge is 0.370 e. The second-order valence-electron chi connectivity index (χ2n) is 13.8. The van der Waals surface area contributed by atoms with Crippen LogP contribution in [0.5, 0.6) is 0 Å². The Morgan fingerprint density at radius 3 is 1.27 bits per heavy atom. The molecule has 2 aromatic carbocycles. The number of amides is 2. The molecule has 0 saturated carbocycles. The molecule has 0 fully saturated rings. The van der Waals surface area contributed by atoms with Gasteiger partial charge < -0.3 is 45.0 Å². The van der Waals surface area contributed by atoms with Crippen molar-refractivity contribution < 1.29 is 24.0 Å². The van der Waals surface area contributed by atoms with Crippen LogP contribution in [-0.2, 0) is 36.8 Å². The first kappa shape index (κ1) is 47.6. The number of alkyl halides is 2.